The van der Waals surface area contributed by atoms with Gasteiger partial charge in [-0.05, 0) is 36.4 Å². The molecule has 0 fully saturated rings. The second-order valence-corrected chi connectivity index (χ2v) is 7.61. The third-order valence-corrected chi connectivity index (χ3v) is 5.62. The molecule has 4 aromatic rings. The number of benzene rings is 2. The number of amides is 1. The van der Waals surface area contributed by atoms with Gasteiger partial charge in [-0.1, -0.05) is 23.5 Å². The molecule has 0 N–H and O–H groups in total. The first-order valence-corrected chi connectivity index (χ1v) is 10.4. The minimum atomic E-state index is -0.223. The van der Waals surface area contributed by atoms with Crippen LogP contribution >= 0.6 is 11.3 Å². The summed E-state index contributed by atoms with van der Waals surface area (Å²) in [5.41, 5.74) is 1.53. The molecule has 1 amide bonds. The Bertz CT molecular complexity index is 1180. The lowest BCUT2D eigenvalue weighted by molar-refractivity contribution is -0.120. The first-order chi connectivity index (χ1) is 15.2. The van der Waals surface area contributed by atoms with E-state index in [0.29, 0.717) is 22.4 Å². The van der Waals surface area contributed by atoms with Gasteiger partial charge in [0.15, 0.2) is 11.7 Å². The van der Waals surface area contributed by atoms with E-state index in [-0.39, 0.29) is 19.1 Å². The maximum atomic E-state index is 13.2. The minimum Gasteiger partial charge on any atom is -0.497 e. The van der Waals surface area contributed by atoms with Crippen LogP contribution in [0.5, 0.6) is 17.2 Å². The van der Waals surface area contributed by atoms with Crippen molar-refractivity contribution in [3.8, 4) is 17.2 Å². The van der Waals surface area contributed by atoms with Crippen molar-refractivity contribution in [1.82, 2.24) is 9.97 Å². The number of thiazole rings is 1. The Morgan fingerprint density at radius 2 is 1.77 bits per heavy atom. The van der Waals surface area contributed by atoms with E-state index >= 15 is 0 Å². The van der Waals surface area contributed by atoms with Gasteiger partial charge >= 0.3 is 0 Å². The second-order valence-electron chi connectivity index (χ2n) is 6.60. The van der Waals surface area contributed by atoms with Crippen LogP contribution in [0, 0.1) is 0 Å². The van der Waals surface area contributed by atoms with E-state index < -0.39 is 0 Å². The summed E-state index contributed by atoms with van der Waals surface area (Å²) in [5.74, 6) is 1.71. The molecule has 2 aromatic heterocycles. The minimum absolute atomic E-state index is 0.140. The molecule has 0 spiro atoms. The van der Waals surface area contributed by atoms with E-state index in [0.717, 1.165) is 15.9 Å². The second kappa shape index (κ2) is 9.44. The number of carbonyl (C=O) groups is 1. The van der Waals surface area contributed by atoms with Gasteiger partial charge in [0.25, 0.3) is 5.91 Å². The van der Waals surface area contributed by atoms with Crippen LogP contribution in [0.15, 0.2) is 66.9 Å². The highest BCUT2D eigenvalue weighted by molar-refractivity contribution is 7.22. The Morgan fingerprint density at radius 1 is 0.968 bits per heavy atom. The van der Waals surface area contributed by atoms with E-state index in [1.54, 1.807) is 37.4 Å². The van der Waals surface area contributed by atoms with Crippen LogP contribution in [-0.4, -0.2) is 36.7 Å². The van der Waals surface area contributed by atoms with Gasteiger partial charge < -0.3 is 14.2 Å². The Hall–Kier alpha value is -3.65. The van der Waals surface area contributed by atoms with Crippen molar-refractivity contribution in [2.45, 2.75) is 6.54 Å². The highest BCUT2D eigenvalue weighted by Crippen LogP contribution is 2.32. The van der Waals surface area contributed by atoms with E-state index in [1.165, 1.54) is 11.3 Å². The normalized spacial score (nSPS) is 10.6. The van der Waals surface area contributed by atoms with Gasteiger partial charge in [0.1, 0.15) is 17.2 Å². The standard InChI is InChI=1S/C23H21N3O4S/c1-28-17-7-5-8-19(12-17)30-15-22(27)26(14-16-6-3-4-11-24-16)23-25-20-13-18(29-2)9-10-21(20)31-23/h3-13H,14-15H2,1-2H3. The Balaban J connectivity index is 1.59. The van der Waals surface area contributed by atoms with Crippen LogP contribution in [0.4, 0.5) is 5.13 Å². The largest absolute Gasteiger partial charge is 0.497 e. The first-order valence-electron chi connectivity index (χ1n) is 9.58. The molecule has 2 aromatic carbocycles. The van der Waals surface area contributed by atoms with Crippen LogP contribution in [0.2, 0.25) is 0 Å². The Kier molecular flexibility index (Phi) is 6.28. The zero-order valence-electron chi connectivity index (χ0n) is 17.1. The third-order valence-electron chi connectivity index (χ3n) is 4.57. The van der Waals surface area contributed by atoms with Crippen molar-refractivity contribution in [3.05, 3.63) is 72.6 Å². The molecule has 158 valence electrons. The maximum absolute atomic E-state index is 13.2. The lowest BCUT2D eigenvalue weighted by atomic mass is 10.3. The Morgan fingerprint density at radius 3 is 2.55 bits per heavy atom. The van der Waals surface area contributed by atoms with Crippen molar-refractivity contribution >= 4 is 32.6 Å². The number of nitrogens with zero attached hydrogens (tertiary/aromatic N) is 3. The molecule has 0 radical (unpaired) electrons. The van der Waals surface area contributed by atoms with E-state index in [2.05, 4.69) is 9.97 Å². The molecule has 0 bridgehead atoms. The molecule has 0 saturated heterocycles. The van der Waals surface area contributed by atoms with Gasteiger partial charge in [-0.25, -0.2) is 4.98 Å². The number of methoxy groups -OCH3 is 2. The zero-order chi connectivity index (χ0) is 21.6. The number of anilines is 1. The highest BCUT2D eigenvalue weighted by Gasteiger charge is 2.21. The van der Waals surface area contributed by atoms with Gasteiger partial charge in [0.2, 0.25) is 0 Å². The fraction of sp³-hybridized carbons (Fsp3) is 0.174. The van der Waals surface area contributed by atoms with Crippen molar-refractivity contribution < 1.29 is 19.0 Å². The summed E-state index contributed by atoms with van der Waals surface area (Å²) in [7, 11) is 3.20. The summed E-state index contributed by atoms with van der Waals surface area (Å²) in [6, 6.07) is 18.4. The molecule has 0 unspecified atom stereocenters. The molecule has 4 rings (SSSR count). The van der Waals surface area contributed by atoms with Gasteiger partial charge in [0.05, 0.1) is 36.7 Å². The number of carbonyl (C=O) groups excluding carboxylic acids is 1. The van der Waals surface area contributed by atoms with Crippen LogP contribution in [0.3, 0.4) is 0 Å². The molecule has 8 heteroatoms. The zero-order valence-corrected chi connectivity index (χ0v) is 18.0. The topological polar surface area (TPSA) is 73.8 Å². The number of ether oxygens (including phenoxy) is 3. The number of aromatic nitrogens is 2. The van der Waals surface area contributed by atoms with Crippen LogP contribution in [0.25, 0.3) is 10.2 Å². The molecule has 0 aliphatic rings. The predicted octanol–water partition coefficient (Wildman–Crippen LogP) is 4.32. The van der Waals surface area contributed by atoms with Gasteiger partial charge in [-0.15, -0.1) is 0 Å². The smallest absolute Gasteiger partial charge is 0.267 e. The van der Waals surface area contributed by atoms with Crippen LogP contribution in [0.1, 0.15) is 5.69 Å². The van der Waals surface area contributed by atoms with Crippen LogP contribution < -0.4 is 19.1 Å². The molecule has 0 aliphatic carbocycles. The number of hydrogen-bond acceptors (Lipinski definition) is 7. The SMILES string of the molecule is COc1cccc(OCC(=O)N(Cc2ccccn2)c2nc3cc(OC)ccc3s2)c1. The maximum Gasteiger partial charge on any atom is 0.267 e. The average molecular weight is 436 g/mol. The van der Waals surface area contributed by atoms with Crippen molar-refractivity contribution in [3.63, 3.8) is 0 Å². The quantitative estimate of drug-likeness (QED) is 0.410. The van der Waals surface area contributed by atoms with Crippen molar-refractivity contribution in [2.75, 3.05) is 25.7 Å². The monoisotopic (exact) mass is 435 g/mol. The molecule has 2 heterocycles. The summed E-state index contributed by atoms with van der Waals surface area (Å²) in [4.78, 5) is 23.8. The lowest BCUT2D eigenvalue weighted by Crippen LogP contribution is -2.34. The van der Waals surface area contributed by atoms with Crippen molar-refractivity contribution in [2.24, 2.45) is 0 Å². The summed E-state index contributed by atoms with van der Waals surface area (Å²) >= 11 is 1.43. The fourth-order valence-corrected chi connectivity index (χ4v) is 3.93. The molecule has 0 atom stereocenters. The highest BCUT2D eigenvalue weighted by atomic mass is 32.1. The summed E-state index contributed by atoms with van der Waals surface area (Å²) in [5, 5.41) is 0.577. The van der Waals surface area contributed by atoms with E-state index in [4.69, 9.17) is 14.2 Å². The first kappa shape index (κ1) is 20.6. The van der Waals surface area contributed by atoms with Gasteiger partial charge in [-0.3, -0.25) is 14.7 Å². The molecular weight excluding hydrogens is 414 g/mol. The predicted molar refractivity (Wildman–Crippen MR) is 120 cm³/mol. The molecule has 0 saturated carbocycles. The summed E-state index contributed by atoms with van der Waals surface area (Å²) in [6.07, 6.45) is 1.70. The summed E-state index contributed by atoms with van der Waals surface area (Å²) < 4.78 is 17.2. The lowest BCUT2D eigenvalue weighted by Gasteiger charge is -2.19. The Labute approximate surface area is 183 Å². The molecule has 0 aliphatic heterocycles. The third kappa shape index (κ3) is 4.92. The fourth-order valence-electron chi connectivity index (χ4n) is 2.97. The van der Waals surface area contributed by atoms with Gasteiger partial charge in [0, 0.05) is 18.3 Å². The number of rotatable bonds is 8. The number of pyridine rings is 1. The van der Waals surface area contributed by atoms with Crippen molar-refractivity contribution in [1.29, 1.82) is 0 Å². The molecular formula is C23H21N3O4S. The summed E-state index contributed by atoms with van der Waals surface area (Å²) in [6.45, 7) is 0.150. The van der Waals surface area contributed by atoms with E-state index in [1.807, 2.05) is 48.5 Å². The van der Waals surface area contributed by atoms with Gasteiger partial charge in [-0.2, -0.15) is 0 Å². The van der Waals surface area contributed by atoms with E-state index in [9.17, 15) is 4.79 Å². The number of hydrogen-bond donors (Lipinski definition) is 0. The molecule has 31 heavy (non-hydrogen) atoms. The number of fused-ring (bicyclic) bond motifs is 1. The van der Waals surface area contributed by atoms with Crippen LogP contribution in [-0.2, 0) is 11.3 Å². The average Bonchev–Trinajstić information content (AvgIpc) is 3.24. The molecule has 7 nitrogen and oxygen atoms in total.